The van der Waals surface area contributed by atoms with Gasteiger partial charge in [0.15, 0.2) is 0 Å². The van der Waals surface area contributed by atoms with Crippen LogP contribution in [0.15, 0.2) is 48.5 Å². The molecular formula is C19H24N2O2. The number of nitrogens with zero attached hydrogens (tertiary/aromatic N) is 1. The van der Waals surface area contributed by atoms with Gasteiger partial charge in [-0.05, 0) is 57.2 Å². The number of carbonyl (C=O) groups excluding carboxylic acids is 1. The quantitative estimate of drug-likeness (QED) is 0.880. The Morgan fingerprint density at radius 2 is 1.70 bits per heavy atom. The minimum absolute atomic E-state index is 0.0376. The molecular weight excluding hydrogens is 288 g/mol. The van der Waals surface area contributed by atoms with Gasteiger partial charge in [-0.3, -0.25) is 4.79 Å². The molecule has 0 spiro atoms. The highest BCUT2D eigenvalue weighted by Gasteiger charge is 2.15. The average Bonchev–Trinajstić information content (AvgIpc) is 2.54. The first kappa shape index (κ1) is 16.9. The van der Waals surface area contributed by atoms with Crippen molar-refractivity contribution in [2.24, 2.45) is 0 Å². The van der Waals surface area contributed by atoms with E-state index in [0.29, 0.717) is 6.54 Å². The molecule has 0 saturated carbocycles. The number of hydrogen-bond acceptors (Lipinski definition) is 3. The molecule has 0 aliphatic heterocycles. The summed E-state index contributed by atoms with van der Waals surface area (Å²) < 4.78 is 5.12. The van der Waals surface area contributed by atoms with Crippen LogP contribution in [0, 0.1) is 6.92 Å². The van der Waals surface area contributed by atoms with E-state index in [1.54, 1.807) is 7.11 Å². The number of methoxy groups -OCH3 is 1. The number of carbonyl (C=O) groups is 1. The van der Waals surface area contributed by atoms with Crippen LogP contribution in [0.4, 0.5) is 11.4 Å². The molecule has 0 aromatic heterocycles. The van der Waals surface area contributed by atoms with Gasteiger partial charge in [0.2, 0.25) is 5.91 Å². The maximum Gasteiger partial charge on any atom is 0.243 e. The van der Waals surface area contributed by atoms with Crippen molar-refractivity contribution in [2.45, 2.75) is 26.8 Å². The molecule has 0 saturated heterocycles. The molecule has 2 aromatic carbocycles. The van der Waals surface area contributed by atoms with Crippen LogP contribution in [0.3, 0.4) is 0 Å². The molecule has 122 valence electrons. The minimum Gasteiger partial charge on any atom is -0.497 e. The smallest absolute Gasteiger partial charge is 0.243 e. The third-order valence-electron chi connectivity index (χ3n) is 3.68. The van der Waals surface area contributed by atoms with Gasteiger partial charge in [0.25, 0.3) is 0 Å². The summed E-state index contributed by atoms with van der Waals surface area (Å²) in [6.45, 7) is 6.54. The molecule has 0 atom stereocenters. The van der Waals surface area contributed by atoms with E-state index in [2.05, 4.69) is 55.3 Å². The fourth-order valence-electron chi connectivity index (χ4n) is 2.34. The highest BCUT2D eigenvalue weighted by atomic mass is 16.5. The number of amides is 1. The van der Waals surface area contributed by atoms with Crippen molar-refractivity contribution in [3.8, 4) is 5.75 Å². The number of ether oxygens (including phenoxy) is 1. The Kier molecular flexibility index (Phi) is 5.63. The van der Waals surface area contributed by atoms with E-state index in [1.807, 2.05) is 24.3 Å². The van der Waals surface area contributed by atoms with Crippen molar-refractivity contribution >= 4 is 17.3 Å². The van der Waals surface area contributed by atoms with Crippen LogP contribution < -0.4 is 15.0 Å². The Bertz CT molecular complexity index is 633. The Morgan fingerprint density at radius 1 is 1.09 bits per heavy atom. The van der Waals surface area contributed by atoms with Crippen molar-refractivity contribution in [1.29, 1.82) is 0 Å². The van der Waals surface area contributed by atoms with Crippen molar-refractivity contribution in [3.63, 3.8) is 0 Å². The van der Waals surface area contributed by atoms with Gasteiger partial charge in [0, 0.05) is 17.4 Å². The number of anilines is 2. The van der Waals surface area contributed by atoms with Crippen LogP contribution >= 0.6 is 0 Å². The van der Waals surface area contributed by atoms with Crippen LogP contribution in [-0.2, 0) is 4.79 Å². The van der Waals surface area contributed by atoms with Gasteiger partial charge in [-0.1, -0.05) is 17.7 Å². The van der Waals surface area contributed by atoms with E-state index in [9.17, 15) is 4.79 Å². The number of hydrogen-bond donors (Lipinski definition) is 1. The van der Waals surface area contributed by atoms with Crippen LogP contribution in [0.5, 0.6) is 5.75 Å². The zero-order chi connectivity index (χ0) is 16.8. The van der Waals surface area contributed by atoms with Crippen LogP contribution in [-0.4, -0.2) is 25.6 Å². The average molecular weight is 312 g/mol. The molecule has 4 nitrogen and oxygen atoms in total. The molecule has 2 rings (SSSR count). The van der Waals surface area contributed by atoms with Gasteiger partial charge in [-0.25, -0.2) is 0 Å². The van der Waals surface area contributed by atoms with E-state index < -0.39 is 0 Å². The standard InChI is InChI=1S/C19H24N2O2/c1-14(2)21(17-9-5-15(3)6-10-17)13-19(22)20-16-7-11-18(23-4)12-8-16/h5-12,14H,13H2,1-4H3,(H,20,22). The third kappa shape index (κ3) is 4.74. The van der Waals surface area contributed by atoms with Gasteiger partial charge in [0.05, 0.1) is 13.7 Å². The lowest BCUT2D eigenvalue weighted by Crippen LogP contribution is -2.38. The lowest BCUT2D eigenvalue weighted by Gasteiger charge is -2.28. The lowest BCUT2D eigenvalue weighted by atomic mass is 10.2. The first-order valence-electron chi connectivity index (χ1n) is 7.77. The Balaban J connectivity index is 2.04. The summed E-state index contributed by atoms with van der Waals surface area (Å²) in [7, 11) is 1.62. The van der Waals surface area contributed by atoms with Crippen LogP contribution in [0.1, 0.15) is 19.4 Å². The summed E-state index contributed by atoms with van der Waals surface area (Å²) in [5.74, 6) is 0.732. The highest BCUT2D eigenvalue weighted by molar-refractivity contribution is 5.94. The number of nitrogens with one attached hydrogen (secondary N) is 1. The molecule has 23 heavy (non-hydrogen) atoms. The number of aryl methyl sites for hydroxylation is 1. The largest absolute Gasteiger partial charge is 0.497 e. The predicted molar refractivity (Wildman–Crippen MR) is 95.3 cm³/mol. The first-order valence-corrected chi connectivity index (χ1v) is 7.77. The van der Waals surface area contributed by atoms with Crippen molar-refractivity contribution in [2.75, 3.05) is 23.9 Å². The molecule has 0 aliphatic rings. The molecule has 0 heterocycles. The molecule has 1 amide bonds. The van der Waals surface area contributed by atoms with Gasteiger partial charge < -0.3 is 15.0 Å². The Labute approximate surface area is 138 Å². The first-order chi connectivity index (χ1) is 11.0. The topological polar surface area (TPSA) is 41.6 Å². The molecule has 0 aliphatic carbocycles. The van der Waals surface area contributed by atoms with Crippen molar-refractivity contribution in [1.82, 2.24) is 0 Å². The molecule has 0 unspecified atom stereocenters. The second kappa shape index (κ2) is 7.68. The molecule has 2 aromatic rings. The van der Waals surface area contributed by atoms with Crippen molar-refractivity contribution in [3.05, 3.63) is 54.1 Å². The second-order valence-electron chi connectivity index (χ2n) is 5.83. The minimum atomic E-state index is -0.0376. The monoisotopic (exact) mass is 312 g/mol. The number of benzene rings is 2. The summed E-state index contributed by atoms with van der Waals surface area (Å²) in [6.07, 6.45) is 0. The predicted octanol–water partition coefficient (Wildman–Crippen LogP) is 3.86. The summed E-state index contributed by atoms with van der Waals surface area (Å²) in [5, 5.41) is 2.92. The lowest BCUT2D eigenvalue weighted by molar-refractivity contribution is -0.115. The summed E-state index contributed by atoms with van der Waals surface area (Å²) >= 11 is 0. The molecule has 1 N–H and O–H groups in total. The second-order valence-corrected chi connectivity index (χ2v) is 5.83. The molecule has 0 fully saturated rings. The van der Waals surface area contributed by atoms with Gasteiger partial charge in [-0.2, -0.15) is 0 Å². The summed E-state index contributed by atoms with van der Waals surface area (Å²) in [4.78, 5) is 14.4. The van der Waals surface area contributed by atoms with Crippen LogP contribution in [0.25, 0.3) is 0 Å². The molecule has 0 bridgehead atoms. The van der Waals surface area contributed by atoms with E-state index in [1.165, 1.54) is 5.56 Å². The normalized spacial score (nSPS) is 10.5. The number of rotatable bonds is 6. The SMILES string of the molecule is COc1ccc(NC(=O)CN(c2ccc(C)cc2)C(C)C)cc1. The van der Waals surface area contributed by atoms with Gasteiger partial charge in [0.1, 0.15) is 5.75 Å². The fraction of sp³-hybridized carbons (Fsp3) is 0.316. The Morgan fingerprint density at radius 3 is 2.22 bits per heavy atom. The van der Waals surface area contributed by atoms with Gasteiger partial charge in [-0.15, -0.1) is 0 Å². The molecule has 4 heteroatoms. The van der Waals surface area contributed by atoms with Crippen LogP contribution in [0.2, 0.25) is 0 Å². The van der Waals surface area contributed by atoms with Crippen molar-refractivity contribution < 1.29 is 9.53 Å². The highest BCUT2D eigenvalue weighted by Crippen LogP contribution is 2.19. The Hall–Kier alpha value is -2.49. The van der Waals surface area contributed by atoms with E-state index >= 15 is 0 Å². The molecule has 0 radical (unpaired) electrons. The van der Waals surface area contributed by atoms with E-state index in [-0.39, 0.29) is 11.9 Å². The third-order valence-corrected chi connectivity index (χ3v) is 3.68. The zero-order valence-electron chi connectivity index (χ0n) is 14.2. The summed E-state index contributed by atoms with van der Waals surface area (Å²) in [5.41, 5.74) is 3.03. The fourth-order valence-corrected chi connectivity index (χ4v) is 2.34. The van der Waals surface area contributed by atoms with E-state index in [0.717, 1.165) is 17.1 Å². The maximum absolute atomic E-state index is 12.3. The summed E-state index contributed by atoms with van der Waals surface area (Å²) in [6, 6.07) is 15.8. The zero-order valence-corrected chi connectivity index (χ0v) is 14.2. The van der Waals surface area contributed by atoms with Gasteiger partial charge >= 0.3 is 0 Å². The van der Waals surface area contributed by atoms with E-state index in [4.69, 9.17) is 4.74 Å². The maximum atomic E-state index is 12.3.